The van der Waals surface area contributed by atoms with Gasteiger partial charge in [-0.25, -0.2) is 13.4 Å². The Labute approximate surface area is 129 Å². The Kier molecular flexibility index (Phi) is 3.41. The molecule has 0 aliphatic heterocycles. The van der Waals surface area contributed by atoms with Crippen LogP contribution in [0.2, 0.25) is 0 Å². The van der Waals surface area contributed by atoms with E-state index in [1.54, 1.807) is 19.2 Å². The van der Waals surface area contributed by atoms with E-state index in [1.807, 2.05) is 0 Å². The number of anilines is 1. The topological polar surface area (TPSA) is 107 Å². The Balaban J connectivity index is 1.90. The number of nitrogens with one attached hydrogen (secondary N) is 1. The molecule has 3 rings (SSSR count). The van der Waals surface area contributed by atoms with Crippen LogP contribution in [0.4, 0.5) is 5.13 Å². The molecule has 0 bridgehead atoms. The fourth-order valence-corrected chi connectivity index (χ4v) is 3.42. The molecule has 0 fully saturated rings. The molecule has 0 spiro atoms. The zero-order valence-electron chi connectivity index (χ0n) is 11.6. The Morgan fingerprint density at radius 2 is 2.14 bits per heavy atom. The third-order valence-electron chi connectivity index (χ3n) is 2.84. The number of nitrogens with zero attached hydrogens (tertiary/aromatic N) is 4. The molecule has 10 heteroatoms. The zero-order valence-corrected chi connectivity index (χ0v) is 13.3. The molecule has 8 nitrogen and oxygen atoms in total. The van der Waals surface area contributed by atoms with Gasteiger partial charge in [0.05, 0.1) is 21.3 Å². The summed E-state index contributed by atoms with van der Waals surface area (Å²) in [5, 5.41) is 10.7. The molecular weight excluding hydrogens is 326 g/mol. The van der Waals surface area contributed by atoms with Crippen molar-refractivity contribution in [1.29, 1.82) is 0 Å². The number of amides is 1. The molecule has 1 N–H and O–H groups in total. The number of aryl methyl sites for hydroxylation is 1. The van der Waals surface area contributed by atoms with Gasteiger partial charge in [-0.3, -0.25) is 10.1 Å². The first kappa shape index (κ1) is 14.6. The molecule has 22 heavy (non-hydrogen) atoms. The average molecular weight is 337 g/mol. The van der Waals surface area contributed by atoms with Crippen molar-refractivity contribution in [2.75, 3.05) is 11.6 Å². The molecule has 0 saturated heterocycles. The summed E-state index contributed by atoms with van der Waals surface area (Å²) >= 11 is 1.19. The van der Waals surface area contributed by atoms with Gasteiger partial charge in [0.1, 0.15) is 0 Å². The SMILES string of the molecule is Cn1ncc(C(=O)Nc2nc3ccc(S(C)(=O)=O)cc3s2)n1. The van der Waals surface area contributed by atoms with Gasteiger partial charge in [-0.2, -0.15) is 9.90 Å². The lowest BCUT2D eigenvalue weighted by molar-refractivity contribution is 0.102. The van der Waals surface area contributed by atoms with E-state index in [0.29, 0.717) is 15.3 Å². The standard InChI is InChI=1S/C12H11N5O3S2/c1-17-13-6-9(16-17)11(18)15-12-14-8-4-3-7(22(2,19)20)5-10(8)21-12/h3-6H,1-2H3,(H,14,15,18). The molecule has 0 saturated carbocycles. The average Bonchev–Trinajstić information content (AvgIpc) is 3.02. The normalized spacial score (nSPS) is 11.7. The summed E-state index contributed by atoms with van der Waals surface area (Å²) in [6.45, 7) is 0. The predicted molar refractivity (Wildman–Crippen MR) is 81.7 cm³/mol. The Morgan fingerprint density at radius 3 is 2.77 bits per heavy atom. The largest absolute Gasteiger partial charge is 0.296 e. The van der Waals surface area contributed by atoms with E-state index in [0.717, 1.165) is 6.26 Å². The molecule has 2 aromatic heterocycles. The first-order valence-corrected chi connectivity index (χ1v) is 8.82. The highest BCUT2D eigenvalue weighted by molar-refractivity contribution is 7.90. The number of carbonyl (C=O) groups is 1. The zero-order chi connectivity index (χ0) is 15.9. The fourth-order valence-electron chi connectivity index (χ4n) is 1.80. The molecule has 114 valence electrons. The second-order valence-corrected chi connectivity index (χ2v) is 7.64. The van der Waals surface area contributed by atoms with Gasteiger partial charge < -0.3 is 0 Å². The van der Waals surface area contributed by atoms with Crippen LogP contribution in [0.25, 0.3) is 10.2 Å². The van der Waals surface area contributed by atoms with E-state index in [1.165, 1.54) is 28.4 Å². The quantitative estimate of drug-likeness (QED) is 0.766. The van der Waals surface area contributed by atoms with Gasteiger partial charge in [0.2, 0.25) is 0 Å². The van der Waals surface area contributed by atoms with Gasteiger partial charge in [-0.15, -0.1) is 5.10 Å². The molecule has 0 atom stereocenters. The maximum atomic E-state index is 12.0. The van der Waals surface area contributed by atoms with Gasteiger partial charge in [0.25, 0.3) is 5.91 Å². The van der Waals surface area contributed by atoms with Gasteiger partial charge in [-0.1, -0.05) is 11.3 Å². The number of sulfone groups is 1. The van der Waals surface area contributed by atoms with Gasteiger partial charge in [0, 0.05) is 13.3 Å². The summed E-state index contributed by atoms with van der Waals surface area (Å²) in [6.07, 6.45) is 2.50. The lowest BCUT2D eigenvalue weighted by Gasteiger charge is -1.96. The highest BCUT2D eigenvalue weighted by atomic mass is 32.2. The highest BCUT2D eigenvalue weighted by Crippen LogP contribution is 2.28. The maximum Gasteiger partial charge on any atom is 0.279 e. The number of thiazole rings is 1. The summed E-state index contributed by atoms with van der Waals surface area (Å²) in [5.41, 5.74) is 0.797. The number of hydrogen-bond acceptors (Lipinski definition) is 7. The summed E-state index contributed by atoms with van der Waals surface area (Å²) in [7, 11) is -1.67. The molecule has 0 aliphatic carbocycles. The third kappa shape index (κ3) is 2.83. The van der Waals surface area contributed by atoms with Crippen molar-refractivity contribution < 1.29 is 13.2 Å². The van der Waals surface area contributed by atoms with Crippen LogP contribution in [0.15, 0.2) is 29.3 Å². The van der Waals surface area contributed by atoms with Gasteiger partial charge >= 0.3 is 0 Å². The fraction of sp³-hybridized carbons (Fsp3) is 0.167. The smallest absolute Gasteiger partial charge is 0.279 e. The minimum atomic E-state index is -3.28. The molecule has 0 radical (unpaired) electrons. The number of carbonyl (C=O) groups excluding carboxylic acids is 1. The van der Waals surface area contributed by atoms with Crippen molar-refractivity contribution in [2.45, 2.75) is 4.90 Å². The minimum Gasteiger partial charge on any atom is -0.296 e. The summed E-state index contributed by atoms with van der Waals surface area (Å²) in [4.78, 5) is 17.7. The first-order valence-electron chi connectivity index (χ1n) is 6.11. The van der Waals surface area contributed by atoms with Crippen molar-refractivity contribution >= 4 is 42.4 Å². The van der Waals surface area contributed by atoms with E-state index in [2.05, 4.69) is 20.5 Å². The lowest BCUT2D eigenvalue weighted by Crippen LogP contribution is -2.12. The van der Waals surface area contributed by atoms with Crippen LogP contribution < -0.4 is 5.32 Å². The van der Waals surface area contributed by atoms with Crippen LogP contribution in [-0.4, -0.2) is 40.6 Å². The molecule has 1 aromatic carbocycles. The molecule has 3 aromatic rings. The van der Waals surface area contributed by atoms with Crippen LogP contribution >= 0.6 is 11.3 Å². The number of benzene rings is 1. The number of hydrogen-bond donors (Lipinski definition) is 1. The minimum absolute atomic E-state index is 0.179. The lowest BCUT2D eigenvalue weighted by atomic mass is 10.3. The Hall–Kier alpha value is -2.33. The predicted octanol–water partition coefficient (Wildman–Crippen LogP) is 1.08. The van der Waals surface area contributed by atoms with Crippen LogP contribution in [0.1, 0.15) is 10.5 Å². The van der Waals surface area contributed by atoms with Crippen molar-refractivity contribution in [3.05, 3.63) is 30.1 Å². The summed E-state index contributed by atoms with van der Waals surface area (Å²) in [5.74, 6) is -0.421. The van der Waals surface area contributed by atoms with Crippen LogP contribution in [-0.2, 0) is 16.9 Å². The monoisotopic (exact) mass is 337 g/mol. The van der Waals surface area contributed by atoms with Crippen molar-refractivity contribution in [3.63, 3.8) is 0 Å². The van der Waals surface area contributed by atoms with Crippen LogP contribution in [0, 0.1) is 0 Å². The molecule has 0 aliphatic rings. The Bertz CT molecular complexity index is 974. The number of rotatable bonds is 3. The third-order valence-corrected chi connectivity index (χ3v) is 4.88. The van der Waals surface area contributed by atoms with Crippen molar-refractivity contribution in [3.8, 4) is 0 Å². The summed E-state index contributed by atoms with van der Waals surface area (Å²) in [6, 6.07) is 4.65. The van der Waals surface area contributed by atoms with E-state index in [4.69, 9.17) is 0 Å². The molecular formula is C12H11N5O3S2. The Morgan fingerprint density at radius 1 is 1.36 bits per heavy atom. The van der Waals surface area contributed by atoms with E-state index in [9.17, 15) is 13.2 Å². The van der Waals surface area contributed by atoms with Crippen LogP contribution in [0.3, 0.4) is 0 Å². The second kappa shape index (κ2) is 5.14. The molecule has 1 amide bonds. The number of aromatic nitrogens is 4. The summed E-state index contributed by atoms with van der Waals surface area (Å²) < 4.78 is 23.8. The van der Waals surface area contributed by atoms with Gasteiger partial charge in [0.15, 0.2) is 20.7 Å². The van der Waals surface area contributed by atoms with E-state index < -0.39 is 15.7 Å². The first-order chi connectivity index (χ1) is 10.3. The molecule has 2 heterocycles. The maximum absolute atomic E-state index is 12.0. The van der Waals surface area contributed by atoms with Crippen LogP contribution in [0.5, 0.6) is 0 Å². The van der Waals surface area contributed by atoms with Crippen molar-refractivity contribution in [2.24, 2.45) is 7.05 Å². The van der Waals surface area contributed by atoms with E-state index >= 15 is 0 Å². The molecule has 0 unspecified atom stereocenters. The highest BCUT2D eigenvalue weighted by Gasteiger charge is 2.14. The second-order valence-electron chi connectivity index (χ2n) is 4.59. The van der Waals surface area contributed by atoms with E-state index in [-0.39, 0.29) is 10.6 Å². The van der Waals surface area contributed by atoms with Gasteiger partial charge in [-0.05, 0) is 18.2 Å². The number of fused-ring (bicyclic) bond motifs is 1. The van der Waals surface area contributed by atoms with Crippen molar-refractivity contribution in [1.82, 2.24) is 20.0 Å².